The van der Waals surface area contributed by atoms with Crippen molar-refractivity contribution >= 4 is 0 Å². The molecule has 0 radical (unpaired) electrons. The van der Waals surface area contributed by atoms with Gasteiger partial charge in [-0.05, 0) is 6.08 Å². The van der Waals surface area contributed by atoms with Gasteiger partial charge < -0.3 is 4.98 Å². The van der Waals surface area contributed by atoms with Crippen LogP contribution in [0.4, 0.5) is 4.39 Å². The normalized spacial score (nSPS) is 10.8. The first-order chi connectivity index (χ1) is 4.43. The molecule has 1 aromatic heterocycles. The second-order valence-electron chi connectivity index (χ2n) is 1.60. The number of aromatic nitrogens is 2. The molecule has 1 aromatic rings. The van der Waals surface area contributed by atoms with Gasteiger partial charge in [0.25, 0.3) is 0 Å². The molecule has 1 N–H and O–H groups in total. The van der Waals surface area contributed by atoms with Crippen molar-refractivity contribution in [2.75, 3.05) is 0 Å². The van der Waals surface area contributed by atoms with Crippen molar-refractivity contribution in [3.8, 4) is 0 Å². The second kappa shape index (κ2) is 3.02. The predicted molar refractivity (Wildman–Crippen MR) is 32.5 cm³/mol. The molecule has 48 valence electrons. The molecule has 0 aliphatic carbocycles. The maximum absolute atomic E-state index is 11.4. The first-order valence-corrected chi connectivity index (χ1v) is 2.67. The molecule has 0 spiro atoms. The van der Waals surface area contributed by atoms with Gasteiger partial charge in [-0.25, -0.2) is 9.37 Å². The highest BCUT2D eigenvalue weighted by Gasteiger charge is 1.86. The van der Waals surface area contributed by atoms with E-state index in [0.29, 0.717) is 12.8 Å². The molecule has 3 heteroatoms. The summed E-state index contributed by atoms with van der Waals surface area (Å²) in [5.74, 6) is 0.781. The summed E-state index contributed by atoms with van der Waals surface area (Å²) < 4.78 is 11.4. The molecule has 0 amide bonds. The summed E-state index contributed by atoms with van der Waals surface area (Å²) in [6, 6.07) is 0. The summed E-state index contributed by atoms with van der Waals surface area (Å²) in [4.78, 5) is 6.72. The average molecular weight is 126 g/mol. The van der Waals surface area contributed by atoms with Crippen LogP contribution in [0.3, 0.4) is 0 Å². The average Bonchev–Trinajstić information content (AvgIpc) is 2.34. The van der Waals surface area contributed by atoms with Crippen molar-refractivity contribution in [1.29, 1.82) is 0 Å². The Balaban J connectivity index is 2.48. The van der Waals surface area contributed by atoms with E-state index in [4.69, 9.17) is 0 Å². The number of allylic oxidation sites excluding steroid dienone is 1. The standard InChI is InChI=1S/C6H7FN2/c7-3-1-2-6-8-4-5-9-6/h1,3-5H,2H2,(H,8,9). The van der Waals surface area contributed by atoms with Crippen LogP contribution in [0.25, 0.3) is 0 Å². The van der Waals surface area contributed by atoms with Crippen molar-refractivity contribution in [3.63, 3.8) is 0 Å². The number of hydrogen-bond donors (Lipinski definition) is 1. The lowest BCUT2D eigenvalue weighted by Gasteiger charge is -1.82. The minimum Gasteiger partial charge on any atom is -0.348 e. The fraction of sp³-hybridized carbons (Fsp3) is 0.167. The van der Waals surface area contributed by atoms with Gasteiger partial charge in [0.15, 0.2) is 0 Å². The monoisotopic (exact) mass is 126 g/mol. The summed E-state index contributed by atoms with van der Waals surface area (Å²) in [5.41, 5.74) is 0. The molecule has 0 aliphatic rings. The van der Waals surface area contributed by atoms with Crippen molar-refractivity contribution < 1.29 is 4.39 Å². The van der Waals surface area contributed by atoms with E-state index in [9.17, 15) is 4.39 Å². The zero-order valence-electron chi connectivity index (χ0n) is 4.84. The molecule has 0 aliphatic heterocycles. The van der Waals surface area contributed by atoms with Gasteiger partial charge in [0, 0.05) is 18.8 Å². The number of rotatable bonds is 2. The Bertz CT molecular complexity index is 179. The highest BCUT2D eigenvalue weighted by Crippen LogP contribution is 1.90. The summed E-state index contributed by atoms with van der Waals surface area (Å²) >= 11 is 0. The number of nitrogens with one attached hydrogen (secondary N) is 1. The van der Waals surface area contributed by atoms with Crippen LogP contribution >= 0.6 is 0 Å². The Morgan fingerprint density at radius 2 is 2.67 bits per heavy atom. The molecule has 0 saturated heterocycles. The highest BCUT2D eigenvalue weighted by atomic mass is 19.1. The summed E-state index contributed by atoms with van der Waals surface area (Å²) in [6.07, 6.45) is 5.80. The van der Waals surface area contributed by atoms with Crippen LogP contribution in [0.5, 0.6) is 0 Å². The van der Waals surface area contributed by atoms with Crippen LogP contribution in [0.2, 0.25) is 0 Å². The first-order valence-electron chi connectivity index (χ1n) is 2.67. The molecular formula is C6H7FN2. The van der Waals surface area contributed by atoms with Crippen LogP contribution in [-0.2, 0) is 6.42 Å². The lowest BCUT2D eigenvalue weighted by molar-refractivity contribution is 0.715. The summed E-state index contributed by atoms with van der Waals surface area (Å²) in [7, 11) is 0. The van der Waals surface area contributed by atoms with E-state index in [1.807, 2.05) is 0 Å². The lowest BCUT2D eigenvalue weighted by Crippen LogP contribution is -1.81. The summed E-state index contributed by atoms with van der Waals surface area (Å²) in [6.45, 7) is 0. The Labute approximate surface area is 52.4 Å². The van der Waals surface area contributed by atoms with E-state index in [1.54, 1.807) is 12.4 Å². The third-order valence-corrected chi connectivity index (χ3v) is 0.955. The Kier molecular flexibility index (Phi) is 2.01. The highest BCUT2D eigenvalue weighted by molar-refractivity contribution is 4.93. The molecule has 1 rings (SSSR count). The third-order valence-electron chi connectivity index (χ3n) is 0.955. The zero-order valence-corrected chi connectivity index (χ0v) is 4.84. The largest absolute Gasteiger partial charge is 0.348 e. The Morgan fingerprint density at radius 3 is 3.22 bits per heavy atom. The predicted octanol–water partition coefficient (Wildman–Crippen LogP) is 1.44. The van der Waals surface area contributed by atoms with Crippen LogP contribution in [0.15, 0.2) is 24.8 Å². The van der Waals surface area contributed by atoms with Crippen LogP contribution in [-0.4, -0.2) is 9.97 Å². The number of H-pyrrole nitrogens is 1. The van der Waals surface area contributed by atoms with Crippen LogP contribution in [0.1, 0.15) is 5.82 Å². The Morgan fingerprint density at radius 1 is 1.78 bits per heavy atom. The first kappa shape index (κ1) is 6.01. The lowest BCUT2D eigenvalue weighted by atomic mass is 10.4. The third kappa shape index (κ3) is 1.68. The minimum absolute atomic E-state index is 0.516. The SMILES string of the molecule is FC=CCc1ncc[nH]1. The molecule has 0 aromatic carbocycles. The van der Waals surface area contributed by atoms with Gasteiger partial charge in [0.05, 0.1) is 6.33 Å². The quantitative estimate of drug-likeness (QED) is 0.638. The zero-order chi connectivity index (χ0) is 6.53. The van der Waals surface area contributed by atoms with E-state index in [2.05, 4.69) is 9.97 Å². The fourth-order valence-corrected chi connectivity index (χ4v) is 0.566. The number of imidazole rings is 1. The van der Waals surface area contributed by atoms with Gasteiger partial charge in [0.1, 0.15) is 5.82 Å². The molecule has 0 fully saturated rings. The van der Waals surface area contributed by atoms with Crippen molar-refractivity contribution in [3.05, 3.63) is 30.6 Å². The van der Waals surface area contributed by atoms with Gasteiger partial charge >= 0.3 is 0 Å². The molecule has 0 saturated carbocycles. The molecule has 0 unspecified atom stereocenters. The van der Waals surface area contributed by atoms with Gasteiger partial charge in [-0.1, -0.05) is 0 Å². The van der Waals surface area contributed by atoms with Gasteiger partial charge in [-0.3, -0.25) is 0 Å². The van der Waals surface area contributed by atoms with E-state index in [0.717, 1.165) is 5.82 Å². The molecular weight excluding hydrogens is 119 g/mol. The molecule has 0 atom stereocenters. The molecule has 1 heterocycles. The maximum atomic E-state index is 11.4. The van der Waals surface area contributed by atoms with Gasteiger partial charge in [-0.2, -0.15) is 0 Å². The van der Waals surface area contributed by atoms with E-state index < -0.39 is 0 Å². The van der Waals surface area contributed by atoms with Gasteiger partial charge in [-0.15, -0.1) is 0 Å². The van der Waals surface area contributed by atoms with Gasteiger partial charge in [0.2, 0.25) is 0 Å². The van der Waals surface area contributed by atoms with Crippen LogP contribution < -0.4 is 0 Å². The maximum Gasteiger partial charge on any atom is 0.109 e. The molecule has 2 nitrogen and oxygen atoms in total. The number of nitrogens with zero attached hydrogens (tertiary/aromatic N) is 1. The van der Waals surface area contributed by atoms with E-state index in [1.165, 1.54) is 6.08 Å². The second-order valence-corrected chi connectivity index (χ2v) is 1.60. The smallest absolute Gasteiger partial charge is 0.109 e. The van der Waals surface area contributed by atoms with Crippen molar-refractivity contribution in [1.82, 2.24) is 9.97 Å². The number of halogens is 1. The topological polar surface area (TPSA) is 28.7 Å². The number of hydrogen-bond acceptors (Lipinski definition) is 1. The van der Waals surface area contributed by atoms with Crippen molar-refractivity contribution in [2.45, 2.75) is 6.42 Å². The van der Waals surface area contributed by atoms with Crippen molar-refractivity contribution in [2.24, 2.45) is 0 Å². The minimum atomic E-state index is 0.516. The number of aromatic amines is 1. The molecule has 0 bridgehead atoms. The summed E-state index contributed by atoms with van der Waals surface area (Å²) in [5, 5.41) is 0. The van der Waals surface area contributed by atoms with E-state index in [-0.39, 0.29) is 0 Å². The fourth-order valence-electron chi connectivity index (χ4n) is 0.566. The molecule has 9 heavy (non-hydrogen) atoms. The Hall–Kier alpha value is -1.12. The van der Waals surface area contributed by atoms with Crippen LogP contribution in [0, 0.1) is 0 Å². The van der Waals surface area contributed by atoms with E-state index >= 15 is 0 Å².